The van der Waals surface area contributed by atoms with Gasteiger partial charge in [0.15, 0.2) is 0 Å². The first-order valence-electron chi connectivity index (χ1n) is 6.87. The van der Waals surface area contributed by atoms with E-state index in [1.54, 1.807) is 24.7 Å². The maximum Gasteiger partial charge on any atom is 0.115 e. The second-order valence-corrected chi connectivity index (χ2v) is 4.94. The Balaban J connectivity index is 1.86. The highest BCUT2D eigenvalue weighted by Crippen LogP contribution is 2.25. The summed E-state index contributed by atoms with van der Waals surface area (Å²) in [6.45, 7) is 2.09. The van der Waals surface area contributed by atoms with Crippen LogP contribution in [0.5, 0.6) is 5.75 Å². The molecule has 0 bridgehead atoms. The molecular weight excluding hydrogens is 262 g/mol. The normalized spacial score (nSPS) is 12.0. The molecule has 0 aliphatic heterocycles. The average molecular weight is 279 g/mol. The van der Waals surface area contributed by atoms with Crippen molar-refractivity contribution in [1.29, 1.82) is 0 Å². The molecular formula is C17H17N3O. The summed E-state index contributed by atoms with van der Waals surface area (Å²) in [4.78, 5) is 4.09. The van der Waals surface area contributed by atoms with Crippen molar-refractivity contribution in [3.63, 3.8) is 0 Å². The monoisotopic (exact) mass is 279 g/mol. The van der Waals surface area contributed by atoms with Crippen LogP contribution in [-0.4, -0.2) is 14.7 Å². The molecule has 0 saturated carbocycles. The number of anilines is 1. The summed E-state index contributed by atoms with van der Waals surface area (Å²) in [6.07, 6.45) is 5.47. The summed E-state index contributed by atoms with van der Waals surface area (Å²) in [5, 5.41) is 12.9. The van der Waals surface area contributed by atoms with Gasteiger partial charge < -0.3 is 15.0 Å². The number of phenolic OH excluding ortho intramolecular Hbond substituents is 1. The molecule has 0 aliphatic rings. The Morgan fingerprint density at radius 1 is 1.10 bits per heavy atom. The minimum absolute atomic E-state index is 0.135. The van der Waals surface area contributed by atoms with Crippen LogP contribution in [0.2, 0.25) is 0 Å². The maximum atomic E-state index is 9.37. The van der Waals surface area contributed by atoms with E-state index in [-0.39, 0.29) is 11.8 Å². The molecule has 0 aliphatic carbocycles. The zero-order valence-corrected chi connectivity index (χ0v) is 11.8. The number of para-hydroxylation sites is 2. The highest BCUT2D eigenvalue weighted by molar-refractivity contribution is 5.61. The minimum atomic E-state index is 0.135. The van der Waals surface area contributed by atoms with Crippen LogP contribution in [0.3, 0.4) is 0 Å². The molecule has 0 amide bonds. The number of rotatable bonds is 4. The summed E-state index contributed by atoms with van der Waals surface area (Å²) < 4.78 is 1.98. The summed E-state index contributed by atoms with van der Waals surface area (Å²) in [5.41, 5.74) is 3.21. The van der Waals surface area contributed by atoms with Gasteiger partial charge in [-0.25, -0.2) is 4.98 Å². The maximum absolute atomic E-state index is 9.37. The van der Waals surface area contributed by atoms with Crippen LogP contribution in [-0.2, 0) is 0 Å². The zero-order chi connectivity index (χ0) is 14.7. The molecule has 1 heterocycles. The Morgan fingerprint density at radius 2 is 1.86 bits per heavy atom. The standard InChI is InChI=1S/C17H17N3O/c1-13(14-6-8-15(21)9-7-14)19-16-4-2-3-5-17(16)20-11-10-18-12-20/h2-13,19,21H,1H3. The van der Waals surface area contributed by atoms with Gasteiger partial charge >= 0.3 is 0 Å². The van der Waals surface area contributed by atoms with E-state index in [0.29, 0.717) is 0 Å². The lowest BCUT2D eigenvalue weighted by molar-refractivity contribution is 0.475. The molecule has 0 spiro atoms. The quantitative estimate of drug-likeness (QED) is 0.764. The second-order valence-electron chi connectivity index (χ2n) is 4.94. The van der Waals surface area contributed by atoms with E-state index in [1.807, 2.05) is 47.2 Å². The van der Waals surface area contributed by atoms with Crippen LogP contribution in [0, 0.1) is 0 Å². The molecule has 1 unspecified atom stereocenters. The van der Waals surface area contributed by atoms with Gasteiger partial charge in [-0.3, -0.25) is 0 Å². The summed E-state index contributed by atoms with van der Waals surface area (Å²) in [5.74, 6) is 0.282. The Morgan fingerprint density at radius 3 is 2.57 bits per heavy atom. The summed E-state index contributed by atoms with van der Waals surface area (Å²) >= 11 is 0. The second kappa shape index (κ2) is 5.71. The Hall–Kier alpha value is -2.75. The third-order valence-electron chi connectivity index (χ3n) is 3.45. The van der Waals surface area contributed by atoms with Gasteiger partial charge in [0.25, 0.3) is 0 Å². The Kier molecular flexibility index (Phi) is 3.60. The molecule has 21 heavy (non-hydrogen) atoms. The van der Waals surface area contributed by atoms with Crippen LogP contribution in [0.4, 0.5) is 5.69 Å². The number of hydrogen-bond acceptors (Lipinski definition) is 3. The van der Waals surface area contributed by atoms with Crippen molar-refractivity contribution in [3.05, 3.63) is 72.8 Å². The van der Waals surface area contributed by atoms with Gasteiger partial charge in [-0.05, 0) is 36.8 Å². The van der Waals surface area contributed by atoms with Crippen molar-refractivity contribution in [3.8, 4) is 11.4 Å². The number of aromatic nitrogens is 2. The van der Waals surface area contributed by atoms with Gasteiger partial charge in [-0.15, -0.1) is 0 Å². The number of benzene rings is 2. The van der Waals surface area contributed by atoms with E-state index in [0.717, 1.165) is 16.9 Å². The molecule has 0 saturated heterocycles. The van der Waals surface area contributed by atoms with Crippen molar-refractivity contribution in [2.75, 3.05) is 5.32 Å². The molecule has 4 nitrogen and oxygen atoms in total. The molecule has 3 rings (SSSR count). The van der Waals surface area contributed by atoms with E-state index in [1.165, 1.54) is 0 Å². The largest absolute Gasteiger partial charge is 0.508 e. The Bertz CT molecular complexity index is 705. The summed E-state index contributed by atoms with van der Waals surface area (Å²) in [6, 6.07) is 15.5. The smallest absolute Gasteiger partial charge is 0.115 e. The average Bonchev–Trinajstić information content (AvgIpc) is 3.02. The van der Waals surface area contributed by atoms with Crippen molar-refractivity contribution >= 4 is 5.69 Å². The lowest BCUT2D eigenvalue weighted by atomic mass is 10.1. The van der Waals surface area contributed by atoms with Gasteiger partial charge in [0.05, 0.1) is 17.7 Å². The lowest BCUT2D eigenvalue weighted by Gasteiger charge is -2.18. The molecule has 3 aromatic rings. The highest BCUT2D eigenvalue weighted by Gasteiger charge is 2.09. The van der Waals surface area contributed by atoms with Crippen LogP contribution in [0.1, 0.15) is 18.5 Å². The van der Waals surface area contributed by atoms with Crippen molar-refractivity contribution in [2.45, 2.75) is 13.0 Å². The third kappa shape index (κ3) is 2.89. The van der Waals surface area contributed by atoms with Crippen molar-refractivity contribution < 1.29 is 5.11 Å². The van der Waals surface area contributed by atoms with Crippen LogP contribution in [0.15, 0.2) is 67.3 Å². The number of phenols is 1. The predicted octanol–water partition coefficient (Wildman–Crippen LogP) is 3.75. The van der Waals surface area contributed by atoms with E-state index >= 15 is 0 Å². The topological polar surface area (TPSA) is 50.1 Å². The summed E-state index contributed by atoms with van der Waals surface area (Å²) in [7, 11) is 0. The van der Waals surface area contributed by atoms with Gasteiger partial charge in [0.2, 0.25) is 0 Å². The number of hydrogen-bond donors (Lipinski definition) is 2. The van der Waals surface area contributed by atoms with E-state index in [9.17, 15) is 5.11 Å². The van der Waals surface area contributed by atoms with Gasteiger partial charge in [-0.2, -0.15) is 0 Å². The van der Waals surface area contributed by atoms with Crippen LogP contribution >= 0.6 is 0 Å². The van der Waals surface area contributed by atoms with E-state index in [4.69, 9.17) is 0 Å². The van der Waals surface area contributed by atoms with Gasteiger partial charge in [0, 0.05) is 18.4 Å². The lowest BCUT2D eigenvalue weighted by Crippen LogP contribution is -2.08. The van der Waals surface area contributed by atoms with E-state index in [2.05, 4.69) is 17.2 Å². The molecule has 4 heteroatoms. The fourth-order valence-electron chi connectivity index (χ4n) is 2.30. The first-order chi connectivity index (χ1) is 10.2. The fourth-order valence-corrected chi connectivity index (χ4v) is 2.30. The molecule has 2 N–H and O–H groups in total. The molecule has 0 fully saturated rings. The third-order valence-corrected chi connectivity index (χ3v) is 3.45. The highest BCUT2D eigenvalue weighted by atomic mass is 16.3. The first-order valence-corrected chi connectivity index (χ1v) is 6.87. The van der Waals surface area contributed by atoms with Gasteiger partial charge in [-0.1, -0.05) is 24.3 Å². The molecule has 2 aromatic carbocycles. The molecule has 1 atom stereocenters. The first kappa shape index (κ1) is 13.2. The number of aromatic hydroxyl groups is 1. The zero-order valence-electron chi connectivity index (χ0n) is 11.8. The van der Waals surface area contributed by atoms with Crippen molar-refractivity contribution in [1.82, 2.24) is 9.55 Å². The number of imidazole rings is 1. The fraction of sp³-hybridized carbons (Fsp3) is 0.118. The Labute approximate surface area is 123 Å². The number of nitrogens with zero attached hydrogens (tertiary/aromatic N) is 2. The molecule has 106 valence electrons. The van der Waals surface area contributed by atoms with Crippen LogP contribution < -0.4 is 5.32 Å². The predicted molar refractivity (Wildman–Crippen MR) is 83.7 cm³/mol. The number of nitrogens with one attached hydrogen (secondary N) is 1. The molecule has 0 radical (unpaired) electrons. The molecule has 1 aromatic heterocycles. The minimum Gasteiger partial charge on any atom is -0.508 e. The SMILES string of the molecule is CC(Nc1ccccc1-n1ccnc1)c1ccc(O)cc1. The van der Waals surface area contributed by atoms with Gasteiger partial charge in [0.1, 0.15) is 5.75 Å². The van der Waals surface area contributed by atoms with E-state index < -0.39 is 0 Å². The van der Waals surface area contributed by atoms with Crippen LogP contribution in [0.25, 0.3) is 5.69 Å². The van der Waals surface area contributed by atoms with Crippen molar-refractivity contribution in [2.24, 2.45) is 0 Å².